The van der Waals surface area contributed by atoms with E-state index in [2.05, 4.69) is 17.9 Å². The summed E-state index contributed by atoms with van der Waals surface area (Å²) in [5.41, 5.74) is 2.07. The van der Waals surface area contributed by atoms with Crippen LogP contribution in [0.15, 0.2) is 18.2 Å². The fourth-order valence-corrected chi connectivity index (χ4v) is 3.51. The predicted molar refractivity (Wildman–Crippen MR) is 88.1 cm³/mol. The summed E-state index contributed by atoms with van der Waals surface area (Å²) in [5, 5.41) is 10.1. The third kappa shape index (κ3) is 3.91. The van der Waals surface area contributed by atoms with Crippen LogP contribution in [0.25, 0.3) is 0 Å². The maximum absolute atomic E-state index is 10.1. The first-order valence-electron chi connectivity index (χ1n) is 8.27. The Morgan fingerprint density at radius 1 is 1.33 bits per heavy atom. The van der Waals surface area contributed by atoms with Gasteiger partial charge in [-0.05, 0) is 44.2 Å². The van der Waals surface area contributed by atoms with Crippen LogP contribution < -0.4 is 9.64 Å². The Bertz CT molecular complexity index is 445. The Morgan fingerprint density at radius 2 is 2.14 bits per heavy atom. The molecule has 1 aliphatic rings. The molecular formula is C18H29NO2. The van der Waals surface area contributed by atoms with E-state index in [1.807, 2.05) is 19.1 Å². The lowest BCUT2D eigenvalue weighted by Crippen LogP contribution is -2.26. The first-order chi connectivity index (χ1) is 10.2. The number of nitrogens with zero attached hydrogens (tertiary/aromatic N) is 1. The van der Waals surface area contributed by atoms with E-state index in [-0.39, 0.29) is 0 Å². The van der Waals surface area contributed by atoms with E-state index >= 15 is 0 Å². The van der Waals surface area contributed by atoms with Crippen molar-refractivity contribution in [3.05, 3.63) is 23.8 Å². The molecule has 3 nitrogen and oxygen atoms in total. The summed E-state index contributed by atoms with van der Waals surface area (Å²) >= 11 is 0. The number of benzene rings is 1. The number of hydrogen-bond acceptors (Lipinski definition) is 3. The van der Waals surface area contributed by atoms with Gasteiger partial charge < -0.3 is 14.7 Å². The van der Waals surface area contributed by atoms with Crippen molar-refractivity contribution in [2.45, 2.75) is 52.1 Å². The van der Waals surface area contributed by atoms with Crippen LogP contribution in [0.4, 0.5) is 5.69 Å². The number of hydrogen-bond donors (Lipinski definition) is 1. The Morgan fingerprint density at radius 3 is 2.81 bits per heavy atom. The second kappa shape index (κ2) is 7.69. The van der Waals surface area contributed by atoms with Crippen molar-refractivity contribution in [2.75, 3.05) is 25.1 Å². The number of aliphatic hydroxyl groups excluding tert-OH is 1. The molecular weight excluding hydrogens is 262 g/mol. The summed E-state index contributed by atoms with van der Waals surface area (Å²) in [6, 6.07) is 6.07. The molecule has 2 atom stereocenters. The van der Waals surface area contributed by atoms with Crippen molar-refractivity contribution in [3.8, 4) is 5.75 Å². The molecule has 1 aromatic carbocycles. The first kappa shape index (κ1) is 16.2. The first-order valence-corrected chi connectivity index (χ1v) is 8.27. The highest BCUT2D eigenvalue weighted by atomic mass is 16.5. The molecule has 0 saturated carbocycles. The second-order valence-electron chi connectivity index (χ2n) is 6.14. The summed E-state index contributed by atoms with van der Waals surface area (Å²) in [7, 11) is 1.67. The Labute approximate surface area is 128 Å². The van der Waals surface area contributed by atoms with E-state index < -0.39 is 6.10 Å². The lowest BCUT2D eigenvalue weighted by molar-refractivity contribution is 0.194. The third-order valence-corrected chi connectivity index (χ3v) is 4.57. The van der Waals surface area contributed by atoms with Gasteiger partial charge in [0, 0.05) is 24.3 Å². The Kier molecular flexibility index (Phi) is 5.92. The molecule has 3 heteroatoms. The molecule has 118 valence electrons. The molecule has 0 bridgehead atoms. The van der Waals surface area contributed by atoms with E-state index in [0.29, 0.717) is 0 Å². The largest absolute Gasteiger partial charge is 0.496 e. The van der Waals surface area contributed by atoms with Crippen LogP contribution in [0.1, 0.15) is 57.6 Å². The van der Waals surface area contributed by atoms with E-state index in [0.717, 1.165) is 36.0 Å². The molecule has 21 heavy (non-hydrogen) atoms. The summed E-state index contributed by atoms with van der Waals surface area (Å²) in [6.07, 6.45) is 5.94. The Balaban J connectivity index is 2.21. The van der Waals surface area contributed by atoms with Gasteiger partial charge in [-0.25, -0.2) is 0 Å². The van der Waals surface area contributed by atoms with Gasteiger partial charge in [0.15, 0.2) is 0 Å². The standard InChI is InChI=1S/C18H29NO2/c1-4-7-15-8-6-12-19(13-11-15)16-9-5-10-17(21-3)18(16)14(2)20/h5,9-10,14-15,20H,4,6-8,11-13H2,1-3H3. The predicted octanol–water partition coefficient (Wildman–Crippen LogP) is 4.16. The SMILES string of the molecule is CCCC1CCCN(c2cccc(OC)c2C(C)O)CC1. The van der Waals surface area contributed by atoms with Crippen LogP contribution in [0.2, 0.25) is 0 Å². The van der Waals surface area contributed by atoms with Gasteiger partial charge in [0.25, 0.3) is 0 Å². The summed E-state index contributed by atoms with van der Waals surface area (Å²) in [6.45, 7) is 6.25. The lowest BCUT2D eigenvalue weighted by Gasteiger charge is -2.27. The summed E-state index contributed by atoms with van der Waals surface area (Å²) in [4.78, 5) is 2.43. The molecule has 0 spiro atoms. The topological polar surface area (TPSA) is 32.7 Å². The number of aliphatic hydroxyl groups is 1. The quantitative estimate of drug-likeness (QED) is 0.884. The van der Waals surface area contributed by atoms with Gasteiger partial charge in [0.05, 0.1) is 13.2 Å². The Hall–Kier alpha value is -1.22. The molecule has 1 saturated heterocycles. The molecule has 1 heterocycles. The van der Waals surface area contributed by atoms with E-state index in [4.69, 9.17) is 4.74 Å². The molecule has 2 rings (SSSR count). The van der Waals surface area contributed by atoms with Crippen LogP contribution in [0.3, 0.4) is 0 Å². The average molecular weight is 291 g/mol. The van der Waals surface area contributed by atoms with Crippen molar-refractivity contribution >= 4 is 5.69 Å². The number of methoxy groups -OCH3 is 1. The van der Waals surface area contributed by atoms with Crippen LogP contribution >= 0.6 is 0 Å². The molecule has 1 aromatic rings. The van der Waals surface area contributed by atoms with Gasteiger partial charge in [0.2, 0.25) is 0 Å². The normalized spacial score (nSPS) is 21.0. The summed E-state index contributed by atoms with van der Waals surface area (Å²) < 4.78 is 5.44. The molecule has 0 radical (unpaired) electrons. The third-order valence-electron chi connectivity index (χ3n) is 4.57. The number of anilines is 1. The molecule has 2 unspecified atom stereocenters. The second-order valence-corrected chi connectivity index (χ2v) is 6.14. The van der Waals surface area contributed by atoms with Gasteiger partial charge in [-0.2, -0.15) is 0 Å². The fourth-order valence-electron chi connectivity index (χ4n) is 3.51. The van der Waals surface area contributed by atoms with Crippen LogP contribution in [0, 0.1) is 5.92 Å². The van der Waals surface area contributed by atoms with Gasteiger partial charge in [-0.3, -0.25) is 0 Å². The van der Waals surface area contributed by atoms with Gasteiger partial charge in [0.1, 0.15) is 5.75 Å². The van der Waals surface area contributed by atoms with Crippen molar-refractivity contribution in [1.29, 1.82) is 0 Å². The highest BCUT2D eigenvalue weighted by molar-refractivity contribution is 5.60. The van der Waals surface area contributed by atoms with Gasteiger partial charge >= 0.3 is 0 Å². The zero-order chi connectivity index (χ0) is 15.2. The average Bonchev–Trinajstić information content (AvgIpc) is 2.72. The summed E-state index contributed by atoms with van der Waals surface area (Å²) in [5.74, 6) is 1.65. The van der Waals surface area contributed by atoms with Crippen LogP contribution in [-0.2, 0) is 0 Å². The van der Waals surface area contributed by atoms with E-state index in [1.165, 1.54) is 32.1 Å². The van der Waals surface area contributed by atoms with Crippen molar-refractivity contribution in [2.24, 2.45) is 5.92 Å². The highest BCUT2D eigenvalue weighted by Crippen LogP contribution is 2.36. The van der Waals surface area contributed by atoms with Crippen molar-refractivity contribution in [3.63, 3.8) is 0 Å². The lowest BCUT2D eigenvalue weighted by atomic mass is 9.96. The van der Waals surface area contributed by atoms with Gasteiger partial charge in [-0.1, -0.05) is 25.8 Å². The molecule has 1 aliphatic heterocycles. The molecule has 0 aliphatic carbocycles. The highest BCUT2D eigenvalue weighted by Gasteiger charge is 2.22. The minimum absolute atomic E-state index is 0.508. The van der Waals surface area contributed by atoms with Gasteiger partial charge in [-0.15, -0.1) is 0 Å². The zero-order valence-corrected chi connectivity index (χ0v) is 13.6. The maximum Gasteiger partial charge on any atom is 0.126 e. The molecule has 1 fully saturated rings. The smallest absolute Gasteiger partial charge is 0.126 e. The zero-order valence-electron chi connectivity index (χ0n) is 13.6. The molecule has 0 amide bonds. The number of ether oxygens (including phenoxy) is 1. The monoisotopic (exact) mass is 291 g/mol. The van der Waals surface area contributed by atoms with E-state index in [9.17, 15) is 5.11 Å². The molecule has 1 N–H and O–H groups in total. The van der Waals surface area contributed by atoms with Crippen LogP contribution in [0.5, 0.6) is 5.75 Å². The minimum Gasteiger partial charge on any atom is -0.496 e. The van der Waals surface area contributed by atoms with Crippen molar-refractivity contribution in [1.82, 2.24) is 0 Å². The van der Waals surface area contributed by atoms with Crippen LogP contribution in [-0.4, -0.2) is 25.3 Å². The minimum atomic E-state index is -0.508. The molecule has 0 aromatic heterocycles. The van der Waals surface area contributed by atoms with Crippen molar-refractivity contribution < 1.29 is 9.84 Å². The van der Waals surface area contributed by atoms with E-state index in [1.54, 1.807) is 7.11 Å². The maximum atomic E-state index is 10.1. The fraction of sp³-hybridized carbons (Fsp3) is 0.667. The number of rotatable bonds is 5.